The van der Waals surface area contributed by atoms with Gasteiger partial charge in [-0.15, -0.1) is 0 Å². The predicted molar refractivity (Wildman–Crippen MR) is 77.4 cm³/mol. The molecule has 1 atom stereocenters. The molecule has 0 saturated heterocycles. The Morgan fingerprint density at radius 2 is 1.78 bits per heavy atom. The quantitative estimate of drug-likeness (QED) is 0.691. The summed E-state index contributed by atoms with van der Waals surface area (Å²) in [5.41, 5.74) is 1.59. The highest BCUT2D eigenvalue weighted by atomic mass is 16.2. The average Bonchev–Trinajstić information content (AvgIpc) is 2.36. The summed E-state index contributed by atoms with van der Waals surface area (Å²) in [5.74, 6) is 0.924. The number of hydrogen-bond donors (Lipinski definition) is 0. The van der Waals surface area contributed by atoms with Gasteiger partial charge in [-0.05, 0) is 50.4 Å². The number of carbonyl (C=O) groups is 1. The Hall–Kier alpha value is -0.790. The van der Waals surface area contributed by atoms with Crippen molar-refractivity contribution in [2.24, 2.45) is 11.3 Å². The van der Waals surface area contributed by atoms with Crippen LogP contribution >= 0.6 is 0 Å². The molecule has 1 unspecified atom stereocenters. The van der Waals surface area contributed by atoms with Crippen molar-refractivity contribution >= 4 is 5.91 Å². The first kappa shape index (κ1) is 15.3. The molecule has 1 aliphatic rings. The van der Waals surface area contributed by atoms with E-state index in [9.17, 15) is 4.79 Å². The molecule has 0 radical (unpaired) electrons. The minimum atomic E-state index is 0.191. The molecule has 0 aliphatic heterocycles. The van der Waals surface area contributed by atoms with Crippen molar-refractivity contribution < 1.29 is 4.79 Å². The Morgan fingerprint density at radius 3 is 2.11 bits per heavy atom. The van der Waals surface area contributed by atoms with E-state index in [1.54, 1.807) is 6.92 Å². The number of hydrogen-bond acceptors (Lipinski definition) is 1. The molecule has 0 aromatic carbocycles. The van der Waals surface area contributed by atoms with Gasteiger partial charge in [0.25, 0.3) is 0 Å². The average molecular weight is 251 g/mol. The number of carbonyl (C=O) groups excluding carboxylic acids is 1. The zero-order valence-corrected chi connectivity index (χ0v) is 12.8. The normalized spacial score (nSPS) is 27.4. The van der Waals surface area contributed by atoms with Crippen molar-refractivity contribution in [2.75, 3.05) is 7.05 Å². The lowest BCUT2D eigenvalue weighted by Gasteiger charge is -2.43. The second-order valence-corrected chi connectivity index (χ2v) is 6.19. The lowest BCUT2D eigenvalue weighted by Crippen LogP contribution is -2.41. The molecule has 1 amide bonds. The van der Waals surface area contributed by atoms with Crippen LogP contribution in [0.15, 0.2) is 12.2 Å². The SMILES string of the molecule is C=C(C)C(C)(CC)C1CCC(N(C)C(C)=O)CC1. The van der Waals surface area contributed by atoms with E-state index >= 15 is 0 Å². The summed E-state index contributed by atoms with van der Waals surface area (Å²) in [5, 5.41) is 0. The van der Waals surface area contributed by atoms with Gasteiger partial charge in [-0.25, -0.2) is 0 Å². The largest absolute Gasteiger partial charge is 0.343 e. The van der Waals surface area contributed by atoms with Gasteiger partial charge in [0.05, 0.1) is 0 Å². The highest BCUT2D eigenvalue weighted by Crippen LogP contribution is 2.45. The van der Waals surface area contributed by atoms with E-state index in [4.69, 9.17) is 0 Å². The lowest BCUT2D eigenvalue weighted by molar-refractivity contribution is -0.130. The van der Waals surface area contributed by atoms with Crippen molar-refractivity contribution in [3.05, 3.63) is 12.2 Å². The third-order valence-corrected chi connectivity index (χ3v) is 5.35. The first-order valence-electron chi connectivity index (χ1n) is 7.22. The molecule has 2 nitrogen and oxygen atoms in total. The standard InChI is InChI=1S/C16H29NO/c1-7-16(5,12(2)3)14-8-10-15(11-9-14)17(6)13(4)18/h14-15H,2,7-11H2,1,3-6H3. The second kappa shape index (κ2) is 5.90. The summed E-state index contributed by atoms with van der Waals surface area (Å²) in [6.45, 7) is 12.6. The van der Waals surface area contributed by atoms with Crippen LogP contribution in [0.2, 0.25) is 0 Å². The number of allylic oxidation sites excluding steroid dienone is 1. The Labute approximate surface area is 112 Å². The first-order chi connectivity index (χ1) is 8.32. The molecule has 0 aromatic heterocycles. The molecule has 0 N–H and O–H groups in total. The van der Waals surface area contributed by atoms with Crippen LogP contribution in [0.1, 0.15) is 59.8 Å². The minimum absolute atomic E-state index is 0.191. The zero-order valence-electron chi connectivity index (χ0n) is 12.8. The Morgan fingerprint density at radius 1 is 1.28 bits per heavy atom. The third-order valence-electron chi connectivity index (χ3n) is 5.35. The van der Waals surface area contributed by atoms with Crippen molar-refractivity contribution in [1.82, 2.24) is 4.90 Å². The molecular weight excluding hydrogens is 222 g/mol. The Bertz CT molecular complexity index is 315. The van der Waals surface area contributed by atoms with E-state index in [1.165, 1.54) is 24.8 Å². The van der Waals surface area contributed by atoms with E-state index in [2.05, 4.69) is 27.4 Å². The van der Waals surface area contributed by atoms with Gasteiger partial charge in [-0.2, -0.15) is 0 Å². The van der Waals surface area contributed by atoms with E-state index in [0.29, 0.717) is 6.04 Å². The van der Waals surface area contributed by atoms with Gasteiger partial charge in [0.15, 0.2) is 0 Å². The lowest BCUT2D eigenvalue weighted by atomic mass is 9.64. The zero-order chi connectivity index (χ0) is 13.9. The maximum atomic E-state index is 11.4. The summed E-state index contributed by atoms with van der Waals surface area (Å²) in [4.78, 5) is 13.3. The van der Waals surface area contributed by atoms with Crippen LogP contribution in [0.4, 0.5) is 0 Å². The van der Waals surface area contributed by atoms with Crippen LogP contribution in [0.3, 0.4) is 0 Å². The fourth-order valence-corrected chi connectivity index (χ4v) is 3.30. The van der Waals surface area contributed by atoms with E-state index < -0.39 is 0 Å². The highest BCUT2D eigenvalue weighted by Gasteiger charge is 2.36. The van der Waals surface area contributed by atoms with Crippen LogP contribution in [0.25, 0.3) is 0 Å². The highest BCUT2D eigenvalue weighted by molar-refractivity contribution is 5.73. The minimum Gasteiger partial charge on any atom is -0.343 e. The van der Waals surface area contributed by atoms with Gasteiger partial charge in [0.2, 0.25) is 5.91 Å². The van der Waals surface area contributed by atoms with Crippen LogP contribution in [-0.2, 0) is 4.79 Å². The predicted octanol–water partition coefficient (Wildman–Crippen LogP) is 4.02. The van der Waals surface area contributed by atoms with Crippen molar-refractivity contribution in [1.29, 1.82) is 0 Å². The molecule has 104 valence electrons. The van der Waals surface area contributed by atoms with Crippen LogP contribution in [-0.4, -0.2) is 23.9 Å². The summed E-state index contributed by atoms with van der Waals surface area (Å²) in [6, 6.07) is 0.449. The second-order valence-electron chi connectivity index (χ2n) is 6.19. The molecule has 18 heavy (non-hydrogen) atoms. The Balaban J connectivity index is 2.63. The molecule has 1 saturated carbocycles. The fraction of sp³-hybridized carbons (Fsp3) is 0.812. The molecule has 1 fully saturated rings. The van der Waals surface area contributed by atoms with E-state index in [1.807, 2.05) is 11.9 Å². The topological polar surface area (TPSA) is 20.3 Å². The van der Waals surface area contributed by atoms with Gasteiger partial charge < -0.3 is 4.90 Å². The van der Waals surface area contributed by atoms with Gasteiger partial charge in [0.1, 0.15) is 0 Å². The molecule has 0 bridgehead atoms. The van der Waals surface area contributed by atoms with Crippen LogP contribution in [0, 0.1) is 11.3 Å². The fourth-order valence-electron chi connectivity index (χ4n) is 3.30. The number of nitrogens with zero attached hydrogens (tertiary/aromatic N) is 1. The monoisotopic (exact) mass is 251 g/mol. The summed E-state index contributed by atoms with van der Waals surface area (Å²) < 4.78 is 0. The van der Waals surface area contributed by atoms with Crippen molar-refractivity contribution in [3.8, 4) is 0 Å². The van der Waals surface area contributed by atoms with Crippen LogP contribution in [0.5, 0.6) is 0 Å². The molecule has 1 rings (SSSR count). The number of rotatable bonds is 4. The maximum Gasteiger partial charge on any atom is 0.219 e. The molecule has 1 aliphatic carbocycles. The first-order valence-corrected chi connectivity index (χ1v) is 7.22. The number of amides is 1. The van der Waals surface area contributed by atoms with Crippen molar-refractivity contribution in [2.45, 2.75) is 65.8 Å². The smallest absolute Gasteiger partial charge is 0.219 e. The van der Waals surface area contributed by atoms with Gasteiger partial charge >= 0.3 is 0 Å². The molecule has 0 spiro atoms. The maximum absolute atomic E-state index is 11.4. The summed E-state index contributed by atoms with van der Waals surface area (Å²) >= 11 is 0. The summed E-state index contributed by atoms with van der Waals surface area (Å²) in [7, 11) is 1.94. The van der Waals surface area contributed by atoms with Gasteiger partial charge in [-0.1, -0.05) is 26.0 Å². The van der Waals surface area contributed by atoms with Crippen LogP contribution < -0.4 is 0 Å². The molecular formula is C16H29NO. The van der Waals surface area contributed by atoms with Crippen molar-refractivity contribution in [3.63, 3.8) is 0 Å². The van der Waals surface area contributed by atoms with E-state index in [0.717, 1.165) is 18.8 Å². The Kier molecular flexibility index (Phi) is 5.01. The third kappa shape index (κ3) is 2.96. The summed E-state index contributed by atoms with van der Waals surface area (Å²) in [6.07, 6.45) is 5.90. The molecule has 0 heterocycles. The van der Waals surface area contributed by atoms with E-state index in [-0.39, 0.29) is 11.3 Å². The van der Waals surface area contributed by atoms with Gasteiger partial charge in [-0.3, -0.25) is 4.79 Å². The molecule has 2 heteroatoms. The van der Waals surface area contributed by atoms with Gasteiger partial charge in [0, 0.05) is 20.0 Å². The molecule has 0 aromatic rings.